The topological polar surface area (TPSA) is 186 Å². The first-order chi connectivity index (χ1) is 17.9. The van der Waals surface area contributed by atoms with Gasteiger partial charge in [-0.3, -0.25) is 14.4 Å². The number of hydrogen-bond acceptors (Lipinski definition) is 11. The first-order valence-electron chi connectivity index (χ1n) is 12.2. The molecular formula is C27H29NO10. The number of phenolic OH excluding ortho intramolecular Hbond substituents is 2. The molecule has 1 fully saturated rings. The molecule has 38 heavy (non-hydrogen) atoms. The van der Waals surface area contributed by atoms with Gasteiger partial charge in [0, 0.05) is 42.0 Å². The van der Waals surface area contributed by atoms with Crippen molar-refractivity contribution >= 4 is 17.3 Å². The lowest BCUT2D eigenvalue weighted by molar-refractivity contribution is -0.247. The maximum Gasteiger partial charge on any atom is 0.202 e. The number of fused-ring (bicyclic) bond motifs is 3. The van der Waals surface area contributed by atoms with Crippen LogP contribution in [0.3, 0.4) is 0 Å². The molecule has 6 atom stereocenters. The van der Waals surface area contributed by atoms with Crippen molar-refractivity contribution in [2.75, 3.05) is 7.11 Å². The molecule has 2 aromatic carbocycles. The molecule has 11 nitrogen and oxygen atoms in total. The van der Waals surface area contributed by atoms with Crippen LogP contribution in [-0.4, -0.2) is 75.0 Å². The molecule has 3 aliphatic rings. The van der Waals surface area contributed by atoms with Gasteiger partial charge in [0.15, 0.2) is 17.9 Å². The Bertz CT molecular complexity index is 1360. The molecule has 0 bridgehead atoms. The number of aliphatic hydroxyl groups excluding tert-OH is 1. The Hall–Kier alpha value is -3.35. The summed E-state index contributed by atoms with van der Waals surface area (Å²) < 4.78 is 17.1. The molecule has 0 amide bonds. The Labute approximate surface area is 217 Å². The summed E-state index contributed by atoms with van der Waals surface area (Å²) in [6, 6.07) is 3.75. The van der Waals surface area contributed by atoms with Crippen molar-refractivity contribution in [3.63, 3.8) is 0 Å². The molecule has 0 unspecified atom stereocenters. The minimum Gasteiger partial charge on any atom is -0.507 e. The first-order valence-corrected chi connectivity index (χ1v) is 12.2. The van der Waals surface area contributed by atoms with Gasteiger partial charge in [-0.1, -0.05) is 12.1 Å². The van der Waals surface area contributed by atoms with Crippen LogP contribution in [-0.2, 0) is 20.7 Å². The first kappa shape index (κ1) is 26.3. The van der Waals surface area contributed by atoms with E-state index >= 15 is 0 Å². The molecular weight excluding hydrogens is 498 g/mol. The summed E-state index contributed by atoms with van der Waals surface area (Å²) in [5.74, 6) is -3.18. The van der Waals surface area contributed by atoms with Crippen LogP contribution in [0.5, 0.6) is 17.2 Å². The fourth-order valence-corrected chi connectivity index (χ4v) is 5.66. The number of nitrogens with two attached hydrogens (primary N) is 1. The maximum absolute atomic E-state index is 13.6. The van der Waals surface area contributed by atoms with Crippen LogP contribution in [0.15, 0.2) is 18.2 Å². The predicted octanol–water partition coefficient (Wildman–Crippen LogP) is 1.03. The van der Waals surface area contributed by atoms with Crippen LogP contribution in [0.4, 0.5) is 0 Å². The summed E-state index contributed by atoms with van der Waals surface area (Å²) in [5.41, 5.74) is 2.97. The Morgan fingerprint density at radius 2 is 1.82 bits per heavy atom. The van der Waals surface area contributed by atoms with Gasteiger partial charge in [-0.05, 0) is 19.9 Å². The van der Waals surface area contributed by atoms with E-state index in [2.05, 4.69) is 0 Å². The Kier molecular flexibility index (Phi) is 6.32. The molecule has 0 aromatic heterocycles. The number of aliphatic hydroxyl groups is 2. The molecule has 0 saturated carbocycles. The molecule has 2 aromatic rings. The highest BCUT2D eigenvalue weighted by atomic mass is 16.7. The standard InChI is InChI=1S/C27H29NO10/c1-10-22(30)14(28)7-17(37-10)38-16-9-27(35,11(2)29)8-13-19(16)26(34)21-20(24(13)32)23(31)12-5-4-6-15(36-3)18(12)25(21)33/h4-6,10,14,16-17,22,30,32,34-35H,7-9,28H2,1-3H3/t10-,14-,16-,17+,22-,27-/m1/s1. The number of hydrogen-bond donors (Lipinski definition) is 5. The zero-order valence-electron chi connectivity index (χ0n) is 21.1. The quantitative estimate of drug-likeness (QED) is 0.305. The zero-order chi connectivity index (χ0) is 27.7. The number of methoxy groups -OCH3 is 1. The summed E-state index contributed by atoms with van der Waals surface area (Å²) in [4.78, 5) is 39.6. The monoisotopic (exact) mass is 527 g/mol. The third-order valence-electron chi connectivity index (χ3n) is 7.80. The molecule has 1 aliphatic heterocycles. The second-order valence-corrected chi connectivity index (χ2v) is 10.1. The molecule has 1 saturated heterocycles. The van der Waals surface area contributed by atoms with Crippen LogP contribution in [0.1, 0.15) is 75.8 Å². The lowest BCUT2D eigenvalue weighted by Crippen LogP contribution is -2.52. The molecule has 5 rings (SSSR count). The van der Waals surface area contributed by atoms with Crippen LogP contribution in [0.2, 0.25) is 0 Å². The summed E-state index contributed by atoms with van der Waals surface area (Å²) in [6.07, 6.45) is -4.53. The Balaban J connectivity index is 1.68. The minimum absolute atomic E-state index is 0.0147. The molecule has 202 valence electrons. The highest BCUT2D eigenvalue weighted by Crippen LogP contribution is 2.52. The van der Waals surface area contributed by atoms with E-state index in [4.69, 9.17) is 19.9 Å². The lowest BCUT2D eigenvalue weighted by Gasteiger charge is -2.42. The van der Waals surface area contributed by atoms with E-state index in [0.717, 1.165) is 0 Å². The molecule has 2 aliphatic carbocycles. The van der Waals surface area contributed by atoms with Gasteiger partial charge in [0.25, 0.3) is 0 Å². The fourth-order valence-electron chi connectivity index (χ4n) is 5.66. The fraction of sp³-hybridized carbons (Fsp3) is 0.444. The molecule has 0 radical (unpaired) electrons. The number of Topliss-reactive ketones (excluding diaryl/α,β-unsaturated/α-hetero) is 1. The van der Waals surface area contributed by atoms with Crippen molar-refractivity contribution in [2.24, 2.45) is 5.73 Å². The van der Waals surface area contributed by atoms with E-state index in [9.17, 15) is 34.8 Å². The number of carbonyl (C=O) groups is 3. The van der Waals surface area contributed by atoms with Crippen LogP contribution >= 0.6 is 0 Å². The van der Waals surface area contributed by atoms with Crippen LogP contribution < -0.4 is 10.5 Å². The second kappa shape index (κ2) is 9.14. The van der Waals surface area contributed by atoms with Gasteiger partial charge in [-0.15, -0.1) is 0 Å². The van der Waals surface area contributed by atoms with Crippen molar-refractivity contribution < 1.29 is 49.0 Å². The average molecular weight is 528 g/mol. The molecule has 1 heterocycles. The minimum atomic E-state index is -2.00. The number of ketones is 3. The van der Waals surface area contributed by atoms with Gasteiger partial charge in [-0.2, -0.15) is 0 Å². The van der Waals surface area contributed by atoms with Gasteiger partial charge in [0.1, 0.15) is 22.8 Å². The summed E-state index contributed by atoms with van der Waals surface area (Å²) in [6.45, 7) is 2.79. The summed E-state index contributed by atoms with van der Waals surface area (Å²) >= 11 is 0. The van der Waals surface area contributed by atoms with Gasteiger partial charge in [-0.25, -0.2) is 0 Å². The second-order valence-electron chi connectivity index (χ2n) is 10.1. The third-order valence-corrected chi connectivity index (χ3v) is 7.80. The van der Waals surface area contributed by atoms with Gasteiger partial charge >= 0.3 is 0 Å². The van der Waals surface area contributed by atoms with Crippen LogP contribution in [0, 0.1) is 0 Å². The molecule has 11 heteroatoms. The Morgan fingerprint density at radius 3 is 2.45 bits per heavy atom. The largest absolute Gasteiger partial charge is 0.507 e. The number of benzene rings is 2. The summed E-state index contributed by atoms with van der Waals surface area (Å²) in [5, 5.41) is 44.1. The smallest absolute Gasteiger partial charge is 0.202 e. The third kappa shape index (κ3) is 3.81. The van der Waals surface area contributed by atoms with Crippen LogP contribution in [0.25, 0.3) is 0 Å². The van der Waals surface area contributed by atoms with Gasteiger partial charge < -0.3 is 40.4 Å². The SMILES string of the molecule is COc1cccc2c1C(=O)c1c(O)c3c(c(O)c1C2=O)C[C@](O)(C(C)=O)C[C@H]3O[C@H]1C[C@@H](N)[C@H](O)[C@@H](C)O1. The van der Waals surface area contributed by atoms with Crippen molar-refractivity contribution in [1.29, 1.82) is 0 Å². The number of carbonyl (C=O) groups excluding carboxylic acids is 3. The highest BCUT2D eigenvalue weighted by Gasteiger charge is 2.49. The average Bonchev–Trinajstić information content (AvgIpc) is 2.87. The highest BCUT2D eigenvalue weighted by molar-refractivity contribution is 6.31. The summed E-state index contributed by atoms with van der Waals surface area (Å²) in [7, 11) is 1.34. The van der Waals surface area contributed by atoms with E-state index in [1.54, 1.807) is 6.92 Å². The lowest BCUT2D eigenvalue weighted by atomic mass is 9.72. The predicted molar refractivity (Wildman–Crippen MR) is 130 cm³/mol. The van der Waals surface area contributed by atoms with Crippen molar-refractivity contribution in [3.05, 3.63) is 51.6 Å². The normalized spacial score (nSPS) is 30.3. The number of ether oxygens (including phenoxy) is 3. The van der Waals surface area contributed by atoms with E-state index < -0.39 is 82.6 Å². The van der Waals surface area contributed by atoms with E-state index in [1.165, 1.54) is 32.2 Å². The van der Waals surface area contributed by atoms with E-state index in [-0.39, 0.29) is 40.8 Å². The van der Waals surface area contributed by atoms with Gasteiger partial charge in [0.05, 0.1) is 42.1 Å². The zero-order valence-corrected chi connectivity index (χ0v) is 21.1. The molecule has 6 N–H and O–H groups in total. The Morgan fingerprint density at radius 1 is 1.13 bits per heavy atom. The van der Waals surface area contributed by atoms with Gasteiger partial charge in [0.2, 0.25) is 5.78 Å². The number of rotatable bonds is 4. The van der Waals surface area contributed by atoms with E-state index in [0.29, 0.717) is 0 Å². The van der Waals surface area contributed by atoms with Crippen molar-refractivity contribution in [1.82, 2.24) is 0 Å². The van der Waals surface area contributed by atoms with E-state index in [1.807, 2.05) is 0 Å². The maximum atomic E-state index is 13.6. The molecule has 0 spiro atoms. The van der Waals surface area contributed by atoms with Crippen molar-refractivity contribution in [2.45, 2.75) is 69.4 Å². The van der Waals surface area contributed by atoms with Crippen molar-refractivity contribution in [3.8, 4) is 17.2 Å². The number of aromatic hydroxyl groups is 2. The number of phenols is 2.